The topological polar surface area (TPSA) is 50.8 Å². The van der Waals surface area contributed by atoms with E-state index in [0.29, 0.717) is 19.2 Å². The normalized spacial score (nSPS) is 32.9. The Morgan fingerprint density at radius 3 is 2.71 bits per heavy atom. The summed E-state index contributed by atoms with van der Waals surface area (Å²) in [5, 5.41) is 3.20. The van der Waals surface area contributed by atoms with Gasteiger partial charge in [0, 0.05) is 25.3 Å². The zero-order valence-corrected chi connectivity index (χ0v) is 11.9. The smallest absolute Gasteiger partial charge is 0.213 e. The van der Waals surface area contributed by atoms with Gasteiger partial charge in [-0.05, 0) is 20.5 Å². The minimum Gasteiger partial charge on any atom is -0.382 e. The van der Waals surface area contributed by atoms with Crippen LogP contribution in [-0.2, 0) is 14.0 Å². The molecular formula is C10H22BN2O3P. The van der Waals surface area contributed by atoms with Gasteiger partial charge in [0.1, 0.15) is 7.85 Å². The molecule has 1 rings (SSSR count). The van der Waals surface area contributed by atoms with Crippen LogP contribution in [0.4, 0.5) is 0 Å². The van der Waals surface area contributed by atoms with Gasteiger partial charge in [0.05, 0.1) is 12.7 Å². The van der Waals surface area contributed by atoms with E-state index in [9.17, 15) is 4.57 Å². The quantitative estimate of drug-likeness (QED) is 0.561. The summed E-state index contributed by atoms with van der Waals surface area (Å²) in [7, 11) is 8.50. The zero-order chi connectivity index (χ0) is 13.1. The van der Waals surface area contributed by atoms with Gasteiger partial charge in [-0.1, -0.05) is 6.92 Å². The molecule has 1 saturated heterocycles. The molecule has 2 radical (unpaired) electrons. The van der Waals surface area contributed by atoms with Crippen LogP contribution in [0.1, 0.15) is 13.3 Å². The first-order chi connectivity index (χ1) is 7.92. The van der Waals surface area contributed by atoms with Crippen molar-refractivity contribution in [3.63, 3.8) is 0 Å². The lowest BCUT2D eigenvalue weighted by molar-refractivity contribution is 0.0182. The van der Waals surface area contributed by atoms with Crippen molar-refractivity contribution in [3.8, 4) is 0 Å². The van der Waals surface area contributed by atoms with Crippen LogP contribution < -0.4 is 5.09 Å². The molecule has 5 nitrogen and oxygen atoms in total. The van der Waals surface area contributed by atoms with E-state index in [1.807, 2.05) is 21.0 Å². The lowest BCUT2D eigenvalue weighted by Gasteiger charge is -2.29. The predicted octanol–water partition coefficient (Wildman–Crippen LogP) is 0.649. The van der Waals surface area contributed by atoms with E-state index in [1.165, 1.54) is 0 Å². The first-order valence-corrected chi connectivity index (χ1v) is 7.72. The van der Waals surface area contributed by atoms with Crippen LogP contribution in [0.2, 0.25) is 0 Å². The molecule has 0 amide bonds. The highest BCUT2D eigenvalue weighted by Gasteiger charge is 2.37. The van der Waals surface area contributed by atoms with Crippen molar-refractivity contribution < 1.29 is 14.0 Å². The lowest BCUT2D eigenvalue weighted by Crippen LogP contribution is -2.40. The van der Waals surface area contributed by atoms with E-state index in [-0.39, 0.29) is 18.1 Å². The molecule has 0 aromatic carbocycles. The average molecular weight is 260 g/mol. The third-order valence-electron chi connectivity index (χ3n) is 3.06. The van der Waals surface area contributed by atoms with E-state index in [0.717, 1.165) is 0 Å². The Kier molecular flexibility index (Phi) is 5.67. The average Bonchev–Trinajstić information content (AvgIpc) is 2.59. The van der Waals surface area contributed by atoms with E-state index in [2.05, 4.69) is 5.09 Å². The number of methoxy groups -OCH3 is 1. The first kappa shape index (κ1) is 15.2. The molecule has 0 saturated carbocycles. The van der Waals surface area contributed by atoms with Crippen LogP contribution in [0.3, 0.4) is 0 Å². The molecule has 0 bridgehead atoms. The molecule has 0 aliphatic carbocycles. The Hall–Kier alpha value is 0.135. The largest absolute Gasteiger partial charge is 0.382 e. The minimum absolute atomic E-state index is 0.0156. The van der Waals surface area contributed by atoms with Crippen molar-refractivity contribution >= 4 is 15.3 Å². The Labute approximate surface area is 105 Å². The van der Waals surface area contributed by atoms with E-state index < -0.39 is 7.44 Å². The van der Waals surface area contributed by atoms with Crippen LogP contribution in [-0.4, -0.2) is 64.6 Å². The molecule has 2 unspecified atom stereocenters. The molecule has 0 aromatic heterocycles. The summed E-state index contributed by atoms with van der Waals surface area (Å²) in [6, 6.07) is -0.321. The molecule has 1 aliphatic heterocycles. The van der Waals surface area contributed by atoms with Gasteiger partial charge in [-0.3, -0.25) is 4.57 Å². The SMILES string of the molecule is [B][C@H]1CC(NP(=O)(CC)N(C)C)[C@@H](COC)O1. The van der Waals surface area contributed by atoms with Crippen molar-refractivity contribution in [3.05, 3.63) is 0 Å². The zero-order valence-electron chi connectivity index (χ0n) is 11.0. The summed E-state index contributed by atoms with van der Waals surface area (Å²) in [5.74, 6) is 0. The van der Waals surface area contributed by atoms with Crippen LogP contribution in [0.25, 0.3) is 0 Å². The van der Waals surface area contributed by atoms with Crippen LogP contribution in [0.5, 0.6) is 0 Å². The summed E-state index contributed by atoms with van der Waals surface area (Å²) < 4.78 is 24.9. The van der Waals surface area contributed by atoms with Crippen molar-refractivity contribution in [2.24, 2.45) is 0 Å². The highest BCUT2D eigenvalue weighted by atomic mass is 31.2. The summed E-state index contributed by atoms with van der Waals surface area (Å²) in [5.41, 5.74) is 0. The summed E-state index contributed by atoms with van der Waals surface area (Å²) in [4.78, 5) is 0. The number of rotatable bonds is 6. The second-order valence-electron chi connectivity index (χ2n) is 4.50. The Morgan fingerprint density at radius 1 is 1.59 bits per heavy atom. The Bertz CT molecular complexity index is 291. The predicted molar refractivity (Wildman–Crippen MR) is 69.7 cm³/mol. The van der Waals surface area contributed by atoms with Crippen molar-refractivity contribution in [1.82, 2.24) is 9.76 Å². The molecule has 1 heterocycles. The number of nitrogens with one attached hydrogen (secondary N) is 1. The fourth-order valence-electron chi connectivity index (χ4n) is 1.98. The number of hydrogen-bond acceptors (Lipinski definition) is 3. The highest BCUT2D eigenvalue weighted by Crippen LogP contribution is 2.44. The van der Waals surface area contributed by atoms with E-state index >= 15 is 0 Å². The standard InChI is InChI=1S/C10H22BN2O3P/c1-5-17(14,13(2)3)12-8-6-10(11)16-9(8)7-15-4/h8-10H,5-7H2,1-4H3,(H,12,14)/t8?,9-,10-,17?/m1/s1. The fraction of sp³-hybridized carbons (Fsp3) is 1.00. The molecule has 4 atom stereocenters. The number of nitrogens with zero attached hydrogens (tertiary/aromatic N) is 1. The van der Waals surface area contributed by atoms with Gasteiger partial charge in [0.15, 0.2) is 0 Å². The maximum Gasteiger partial charge on any atom is 0.213 e. The van der Waals surface area contributed by atoms with E-state index in [1.54, 1.807) is 11.8 Å². The molecule has 7 heteroatoms. The van der Waals surface area contributed by atoms with Crippen molar-refractivity contribution in [2.75, 3.05) is 34.0 Å². The summed E-state index contributed by atoms with van der Waals surface area (Å²) in [6.45, 7) is 2.37. The number of hydrogen-bond donors (Lipinski definition) is 1. The Morgan fingerprint density at radius 2 is 2.24 bits per heavy atom. The lowest BCUT2D eigenvalue weighted by atomic mass is 9.95. The van der Waals surface area contributed by atoms with Gasteiger partial charge in [0.2, 0.25) is 7.44 Å². The molecule has 0 aromatic rings. The van der Waals surface area contributed by atoms with Gasteiger partial charge in [-0.15, -0.1) is 0 Å². The molecule has 17 heavy (non-hydrogen) atoms. The molecule has 98 valence electrons. The number of ether oxygens (including phenoxy) is 2. The first-order valence-electron chi connectivity index (χ1n) is 5.87. The Balaban J connectivity index is 2.68. The van der Waals surface area contributed by atoms with E-state index in [4.69, 9.17) is 17.3 Å². The maximum atomic E-state index is 12.6. The summed E-state index contributed by atoms with van der Waals surface area (Å²) in [6.07, 6.45) is 1.10. The molecule has 1 aliphatic rings. The molecular weight excluding hydrogens is 238 g/mol. The second kappa shape index (κ2) is 6.35. The van der Waals surface area contributed by atoms with Gasteiger partial charge in [-0.25, -0.2) is 9.76 Å². The molecule has 1 fully saturated rings. The van der Waals surface area contributed by atoms with Crippen LogP contribution in [0.15, 0.2) is 0 Å². The second-order valence-corrected chi connectivity index (χ2v) is 7.60. The van der Waals surface area contributed by atoms with Gasteiger partial charge in [-0.2, -0.15) is 0 Å². The van der Waals surface area contributed by atoms with Crippen molar-refractivity contribution in [1.29, 1.82) is 0 Å². The third-order valence-corrected chi connectivity index (χ3v) is 5.94. The highest BCUT2D eigenvalue weighted by molar-refractivity contribution is 7.59. The van der Waals surface area contributed by atoms with Gasteiger partial charge in [0.25, 0.3) is 0 Å². The maximum absolute atomic E-state index is 12.6. The minimum atomic E-state index is -2.52. The monoisotopic (exact) mass is 260 g/mol. The fourth-order valence-corrected chi connectivity index (χ4v) is 3.75. The van der Waals surface area contributed by atoms with Crippen LogP contribution in [0, 0.1) is 0 Å². The van der Waals surface area contributed by atoms with Gasteiger partial charge >= 0.3 is 0 Å². The molecule has 0 spiro atoms. The van der Waals surface area contributed by atoms with Crippen molar-refractivity contribution in [2.45, 2.75) is 31.5 Å². The third kappa shape index (κ3) is 3.80. The molecule has 1 N–H and O–H groups in total. The van der Waals surface area contributed by atoms with Gasteiger partial charge < -0.3 is 9.47 Å². The summed E-state index contributed by atoms with van der Waals surface area (Å²) >= 11 is 0. The van der Waals surface area contributed by atoms with Crippen LogP contribution >= 0.6 is 7.44 Å².